The zero-order chi connectivity index (χ0) is 22.6. The van der Waals surface area contributed by atoms with Crippen LogP contribution >= 0.6 is 0 Å². The molecule has 2 aromatic carbocycles. The highest BCUT2D eigenvalue weighted by Crippen LogP contribution is 2.32. The SMILES string of the molecule is Cc1coc2c(C)c3oc(=O)c(CC(=O)Nc4ccc5oc(=O)ccc5c4)c(C)c3cc12. The minimum Gasteiger partial charge on any atom is -0.464 e. The third kappa shape index (κ3) is 3.19. The van der Waals surface area contributed by atoms with Crippen molar-refractivity contribution < 1.29 is 18.0 Å². The first-order valence-electron chi connectivity index (χ1n) is 10.1. The van der Waals surface area contributed by atoms with E-state index in [1.165, 1.54) is 6.07 Å². The van der Waals surface area contributed by atoms with E-state index in [0.29, 0.717) is 38.9 Å². The second-order valence-corrected chi connectivity index (χ2v) is 7.90. The topological polar surface area (TPSA) is 103 Å². The molecule has 0 aliphatic carbocycles. The molecule has 32 heavy (non-hydrogen) atoms. The maximum absolute atomic E-state index is 12.7. The molecule has 7 heteroatoms. The standard InChI is InChI=1S/C25H19NO6/c1-12-11-30-23-14(3)24-18(9-17(12)23)13(2)19(25(29)32-24)10-21(27)26-16-5-6-20-15(8-16)4-7-22(28)31-20/h4-9,11H,10H2,1-3H3,(H,26,27). The number of aryl methyl sites for hydroxylation is 3. The van der Waals surface area contributed by atoms with Gasteiger partial charge in [-0.25, -0.2) is 9.59 Å². The Morgan fingerprint density at radius 3 is 2.53 bits per heavy atom. The second-order valence-electron chi connectivity index (χ2n) is 7.90. The molecule has 0 radical (unpaired) electrons. The summed E-state index contributed by atoms with van der Waals surface area (Å²) in [5.41, 5.74) is 3.89. The van der Waals surface area contributed by atoms with E-state index in [-0.39, 0.29) is 12.3 Å². The molecule has 0 unspecified atom stereocenters. The molecule has 3 heterocycles. The number of carbonyl (C=O) groups excluding carboxylic acids is 1. The van der Waals surface area contributed by atoms with Crippen molar-refractivity contribution in [3.05, 3.63) is 85.8 Å². The van der Waals surface area contributed by atoms with Crippen molar-refractivity contribution in [2.24, 2.45) is 0 Å². The number of amides is 1. The third-order valence-electron chi connectivity index (χ3n) is 5.78. The molecule has 0 aliphatic heterocycles. The van der Waals surface area contributed by atoms with Crippen molar-refractivity contribution in [2.45, 2.75) is 27.2 Å². The number of furan rings is 1. The van der Waals surface area contributed by atoms with Crippen molar-refractivity contribution in [1.29, 1.82) is 0 Å². The number of carbonyl (C=O) groups is 1. The molecular formula is C25H19NO6. The van der Waals surface area contributed by atoms with Gasteiger partial charge < -0.3 is 18.6 Å². The van der Waals surface area contributed by atoms with Crippen LogP contribution in [0.5, 0.6) is 0 Å². The van der Waals surface area contributed by atoms with E-state index >= 15 is 0 Å². The number of nitrogens with one attached hydrogen (secondary N) is 1. The van der Waals surface area contributed by atoms with Gasteiger partial charge in [0.1, 0.15) is 16.7 Å². The first-order chi connectivity index (χ1) is 15.3. The molecule has 3 aromatic heterocycles. The summed E-state index contributed by atoms with van der Waals surface area (Å²) in [5, 5.41) is 5.20. The predicted molar refractivity (Wildman–Crippen MR) is 121 cm³/mol. The molecule has 0 atom stereocenters. The van der Waals surface area contributed by atoms with Gasteiger partial charge in [-0.15, -0.1) is 0 Å². The van der Waals surface area contributed by atoms with E-state index in [4.69, 9.17) is 13.3 Å². The molecule has 0 bridgehead atoms. The fourth-order valence-corrected chi connectivity index (χ4v) is 4.04. The van der Waals surface area contributed by atoms with E-state index in [1.54, 1.807) is 30.5 Å². The zero-order valence-corrected chi connectivity index (χ0v) is 17.7. The van der Waals surface area contributed by atoms with Gasteiger partial charge in [-0.2, -0.15) is 0 Å². The highest BCUT2D eigenvalue weighted by Gasteiger charge is 2.19. The lowest BCUT2D eigenvalue weighted by Crippen LogP contribution is -2.20. The number of hydrogen-bond donors (Lipinski definition) is 1. The van der Waals surface area contributed by atoms with Crippen LogP contribution in [0.15, 0.2) is 65.5 Å². The van der Waals surface area contributed by atoms with E-state index < -0.39 is 11.3 Å². The summed E-state index contributed by atoms with van der Waals surface area (Å²) < 4.78 is 16.3. The number of fused-ring (bicyclic) bond motifs is 3. The van der Waals surface area contributed by atoms with Gasteiger partial charge in [-0.05, 0) is 62.2 Å². The molecular weight excluding hydrogens is 410 g/mol. The van der Waals surface area contributed by atoms with Gasteiger partial charge in [-0.3, -0.25) is 4.79 Å². The van der Waals surface area contributed by atoms with Gasteiger partial charge in [0.2, 0.25) is 5.91 Å². The first kappa shape index (κ1) is 19.8. The summed E-state index contributed by atoms with van der Waals surface area (Å²) in [5.74, 6) is -0.353. The van der Waals surface area contributed by atoms with Crippen LogP contribution in [0.25, 0.3) is 32.9 Å². The minimum atomic E-state index is -0.545. The Kier molecular flexibility index (Phi) is 4.48. The Labute approximate surface area is 181 Å². The van der Waals surface area contributed by atoms with Crippen molar-refractivity contribution >= 4 is 44.5 Å². The molecule has 1 amide bonds. The lowest BCUT2D eigenvalue weighted by molar-refractivity contribution is -0.115. The van der Waals surface area contributed by atoms with Gasteiger partial charge in [0, 0.05) is 33.5 Å². The molecule has 1 N–H and O–H groups in total. The Bertz CT molecular complexity index is 1670. The van der Waals surface area contributed by atoms with Gasteiger partial charge in [0.15, 0.2) is 0 Å². The van der Waals surface area contributed by atoms with Gasteiger partial charge in [0.05, 0.1) is 18.2 Å². The van der Waals surface area contributed by atoms with Crippen LogP contribution < -0.4 is 16.6 Å². The molecule has 5 rings (SSSR count). The van der Waals surface area contributed by atoms with Crippen molar-refractivity contribution in [1.82, 2.24) is 0 Å². The molecule has 7 nitrogen and oxygen atoms in total. The average Bonchev–Trinajstić information content (AvgIpc) is 3.13. The number of hydrogen-bond acceptors (Lipinski definition) is 6. The summed E-state index contributed by atoms with van der Waals surface area (Å²) >= 11 is 0. The van der Waals surface area contributed by atoms with E-state index in [0.717, 1.165) is 21.9 Å². The van der Waals surface area contributed by atoms with Crippen molar-refractivity contribution in [2.75, 3.05) is 5.32 Å². The fraction of sp³-hybridized carbons (Fsp3) is 0.160. The fourth-order valence-electron chi connectivity index (χ4n) is 4.04. The monoisotopic (exact) mass is 429 g/mol. The maximum Gasteiger partial charge on any atom is 0.340 e. The molecule has 5 aromatic rings. The van der Waals surface area contributed by atoms with Crippen molar-refractivity contribution in [3.8, 4) is 0 Å². The van der Waals surface area contributed by atoms with Crippen LogP contribution in [-0.2, 0) is 11.2 Å². The second kappa shape index (κ2) is 7.23. The van der Waals surface area contributed by atoms with Gasteiger partial charge in [-0.1, -0.05) is 0 Å². The minimum absolute atomic E-state index is 0.131. The summed E-state index contributed by atoms with van der Waals surface area (Å²) in [6.07, 6.45) is 1.54. The van der Waals surface area contributed by atoms with Crippen LogP contribution in [0, 0.1) is 20.8 Å². The van der Waals surface area contributed by atoms with Crippen molar-refractivity contribution in [3.63, 3.8) is 0 Å². The van der Waals surface area contributed by atoms with E-state index in [2.05, 4.69) is 5.32 Å². The molecule has 0 aliphatic rings. The summed E-state index contributed by atoms with van der Waals surface area (Å²) in [7, 11) is 0. The summed E-state index contributed by atoms with van der Waals surface area (Å²) in [6, 6.07) is 9.84. The van der Waals surface area contributed by atoms with Crippen LogP contribution in [0.1, 0.15) is 22.3 Å². The quantitative estimate of drug-likeness (QED) is 0.415. The normalized spacial score (nSPS) is 11.5. The Morgan fingerprint density at radius 1 is 0.906 bits per heavy atom. The average molecular weight is 429 g/mol. The van der Waals surface area contributed by atoms with Gasteiger partial charge in [0.25, 0.3) is 0 Å². The molecule has 0 saturated heterocycles. The summed E-state index contributed by atoms with van der Waals surface area (Å²) in [4.78, 5) is 36.8. The Morgan fingerprint density at radius 2 is 1.72 bits per heavy atom. The smallest absolute Gasteiger partial charge is 0.340 e. The van der Waals surface area contributed by atoms with Crippen LogP contribution in [0.2, 0.25) is 0 Å². The summed E-state index contributed by atoms with van der Waals surface area (Å²) in [6.45, 7) is 5.62. The zero-order valence-electron chi connectivity index (χ0n) is 17.7. The Balaban J connectivity index is 1.50. The van der Waals surface area contributed by atoms with Crippen LogP contribution in [0.4, 0.5) is 5.69 Å². The van der Waals surface area contributed by atoms with E-state index in [9.17, 15) is 14.4 Å². The first-order valence-corrected chi connectivity index (χ1v) is 10.1. The third-order valence-corrected chi connectivity index (χ3v) is 5.78. The molecule has 0 fully saturated rings. The predicted octanol–water partition coefficient (Wildman–Crippen LogP) is 4.75. The molecule has 0 saturated carbocycles. The largest absolute Gasteiger partial charge is 0.464 e. The number of rotatable bonds is 3. The van der Waals surface area contributed by atoms with E-state index in [1.807, 2.05) is 26.8 Å². The highest BCUT2D eigenvalue weighted by molar-refractivity contribution is 6.00. The lowest BCUT2D eigenvalue weighted by Gasteiger charge is -2.11. The highest BCUT2D eigenvalue weighted by atomic mass is 16.4. The number of benzene rings is 2. The number of anilines is 1. The van der Waals surface area contributed by atoms with Crippen LogP contribution in [0.3, 0.4) is 0 Å². The molecule has 160 valence electrons. The van der Waals surface area contributed by atoms with Crippen LogP contribution in [-0.4, -0.2) is 5.91 Å². The lowest BCUT2D eigenvalue weighted by atomic mass is 9.99. The maximum atomic E-state index is 12.7. The van der Waals surface area contributed by atoms with Gasteiger partial charge >= 0.3 is 11.3 Å². The Hall–Kier alpha value is -4.13. The molecule has 0 spiro atoms.